The van der Waals surface area contributed by atoms with Gasteiger partial charge in [-0.3, -0.25) is 14.6 Å². The van der Waals surface area contributed by atoms with E-state index in [-0.39, 0.29) is 31.2 Å². The van der Waals surface area contributed by atoms with Gasteiger partial charge in [0.05, 0.1) is 31.5 Å². The molecule has 30 heavy (non-hydrogen) atoms. The fourth-order valence-corrected chi connectivity index (χ4v) is 3.96. The molecule has 11 nitrogen and oxygen atoms in total. The highest BCUT2D eigenvalue weighted by atomic mass is 16.6. The summed E-state index contributed by atoms with van der Waals surface area (Å²) >= 11 is 0. The highest BCUT2D eigenvalue weighted by molar-refractivity contribution is 5.78. The Balaban J connectivity index is 1.62. The van der Waals surface area contributed by atoms with E-state index in [1.165, 1.54) is 13.3 Å². The predicted octanol–water partition coefficient (Wildman–Crippen LogP) is 0.667. The molecule has 1 spiro atoms. The standard InChI is InChI=1S/C19H31N5O6/c1-13(25)15(16-20-11-21-30-16)22-14(26)8-23-9-19(10-28-12-23)6-5-7-24(19)17(27)29-18(2,3)4/h11,13,15,25H,5-10,12H2,1-4H3,(H,22,26). The van der Waals surface area contributed by atoms with Crippen molar-refractivity contribution in [1.82, 2.24) is 25.3 Å². The second kappa shape index (κ2) is 8.86. The van der Waals surface area contributed by atoms with Crippen molar-refractivity contribution in [3.05, 3.63) is 12.2 Å². The zero-order valence-electron chi connectivity index (χ0n) is 18.0. The Hall–Kier alpha value is -2.24. The average Bonchev–Trinajstić information content (AvgIpc) is 3.28. The van der Waals surface area contributed by atoms with Gasteiger partial charge in [-0.15, -0.1) is 0 Å². The zero-order chi connectivity index (χ0) is 21.9. The molecule has 0 saturated carbocycles. The van der Waals surface area contributed by atoms with Crippen LogP contribution in [0.5, 0.6) is 0 Å². The highest BCUT2D eigenvalue weighted by Crippen LogP contribution is 2.34. The minimum Gasteiger partial charge on any atom is -0.444 e. The lowest BCUT2D eigenvalue weighted by atomic mass is 9.95. The Morgan fingerprint density at radius 3 is 2.83 bits per heavy atom. The molecule has 0 bridgehead atoms. The number of nitrogens with zero attached hydrogens (tertiary/aromatic N) is 4. The third-order valence-electron chi connectivity index (χ3n) is 5.18. The molecule has 2 N–H and O–H groups in total. The Kier molecular flexibility index (Phi) is 6.63. The first-order valence-corrected chi connectivity index (χ1v) is 10.1. The largest absolute Gasteiger partial charge is 0.444 e. The van der Waals surface area contributed by atoms with Gasteiger partial charge < -0.3 is 24.4 Å². The van der Waals surface area contributed by atoms with Gasteiger partial charge in [-0.1, -0.05) is 5.16 Å². The van der Waals surface area contributed by atoms with Crippen LogP contribution in [-0.2, 0) is 14.3 Å². The van der Waals surface area contributed by atoms with Gasteiger partial charge in [0.2, 0.25) is 5.91 Å². The predicted molar refractivity (Wildman–Crippen MR) is 104 cm³/mol. The molecule has 1 aromatic heterocycles. The van der Waals surface area contributed by atoms with Crippen LogP contribution < -0.4 is 5.32 Å². The van der Waals surface area contributed by atoms with E-state index in [0.29, 0.717) is 19.7 Å². The van der Waals surface area contributed by atoms with Gasteiger partial charge in [-0.25, -0.2) is 4.79 Å². The van der Waals surface area contributed by atoms with Gasteiger partial charge in [0.1, 0.15) is 11.6 Å². The van der Waals surface area contributed by atoms with Crippen LogP contribution in [-0.4, -0.2) is 87.3 Å². The van der Waals surface area contributed by atoms with Gasteiger partial charge in [0.25, 0.3) is 5.89 Å². The number of ether oxygens (including phenoxy) is 2. The molecule has 0 aliphatic carbocycles. The molecule has 1 aromatic rings. The number of hydrogen-bond donors (Lipinski definition) is 2. The summed E-state index contributed by atoms with van der Waals surface area (Å²) in [7, 11) is 0. The van der Waals surface area contributed by atoms with Gasteiger partial charge in [-0.2, -0.15) is 4.98 Å². The van der Waals surface area contributed by atoms with Gasteiger partial charge in [-0.05, 0) is 40.5 Å². The molecular weight excluding hydrogens is 394 g/mol. The summed E-state index contributed by atoms with van der Waals surface area (Å²) in [4.78, 5) is 32.8. The lowest BCUT2D eigenvalue weighted by Crippen LogP contribution is -2.62. The molecule has 2 amide bonds. The van der Waals surface area contributed by atoms with E-state index in [1.807, 2.05) is 25.7 Å². The fraction of sp³-hybridized carbons (Fsp3) is 0.789. The molecule has 3 unspecified atom stereocenters. The Bertz CT molecular complexity index is 734. The first-order valence-electron chi connectivity index (χ1n) is 10.1. The van der Waals surface area contributed by atoms with E-state index in [1.54, 1.807) is 4.90 Å². The molecule has 0 aromatic carbocycles. The quantitative estimate of drug-likeness (QED) is 0.699. The topological polar surface area (TPSA) is 130 Å². The van der Waals surface area contributed by atoms with Crippen LogP contribution in [0.4, 0.5) is 4.79 Å². The molecular formula is C19H31N5O6. The summed E-state index contributed by atoms with van der Waals surface area (Å²) in [5.74, 6) is -0.182. The minimum atomic E-state index is -0.907. The summed E-state index contributed by atoms with van der Waals surface area (Å²) < 4.78 is 16.3. The van der Waals surface area contributed by atoms with Crippen LogP contribution in [0.1, 0.15) is 52.5 Å². The molecule has 3 atom stereocenters. The molecule has 3 rings (SSSR count). The summed E-state index contributed by atoms with van der Waals surface area (Å²) in [5.41, 5.74) is -1.10. The smallest absolute Gasteiger partial charge is 0.410 e. The average molecular weight is 425 g/mol. The molecule has 0 radical (unpaired) electrons. The van der Waals surface area contributed by atoms with Crippen LogP contribution in [0.3, 0.4) is 0 Å². The van der Waals surface area contributed by atoms with Crippen molar-refractivity contribution in [1.29, 1.82) is 0 Å². The van der Waals surface area contributed by atoms with E-state index >= 15 is 0 Å². The van der Waals surface area contributed by atoms with Crippen molar-refractivity contribution >= 4 is 12.0 Å². The highest BCUT2D eigenvalue weighted by Gasteiger charge is 2.48. The van der Waals surface area contributed by atoms with Crippen LogP contribution in [0.25, 0.3) is 0 Å². The molecule has 2 aliphatic heterocycles. The molecule has 168 valence electrons. The maximum atomic E-state index is 12.7. The Morgan fingerprint density at radius 1 is 1.43 bits per heavy atom. The van der Waals surface area contributed by atoms with Crippen molar-refractivity contribution in [2.45, 2.75) is 63.8 Å². The maximum absolute atomic E-state index is 12.7. The van der Waals surface area contributed by atoms with Crippen molar-refractivity contribution < 1.29 is 28.7 Å². The van der Waals surface area contributed by atoms with Crippen molar-refractivity contribution in [2.75, 3.05) is 33.0 Å². The fourth-order valence-electron chi connectivity index (χ4n) is 3.96. The van der Waals surface area contributed by atoms with Gasteiger partial charge >= 0.3 is 6.09 Å². The number of aliphatic hydroxyl groups is 1. The number of nitrogens with one attached hydrogen (secondary N) is 1. The number of aliphatic hydroxyl groups excluding tert-OH is 1. The van der Waals surface area contributed by atoms with E-state index in [0.717, 1.165) is 12.8 Å². The number of hydrogen-bond acceptors (Lipinski definition) is 9. The van der Waals surface area contributed by atoms with Crippen LogP contribution in [0, 0.1) is 0 Å². The lowest BCUT2D eigenvalue weighted by Gasteiger charge is -2.45. The lowest BCUT2D eigenvalue weighted by molar-refractivity contribution is -0.133. The second-order valence-electron chi connectivity index (χ2n) is 8.99. The molecule has 3 heterocycles. The number of carbonyl (C=O) groups is 2. The summed E-state index contributed by atoms with van der Waals surface area (Å²) in [6.45, 7) is 8.86. The SMILES string of the molecule is CC(O)C(NC(=O)CN1COCC2(CCCN2C(=O)OC(C)(C)C)C1)c1ncno1. The van der Waals surface area contributed by atoms with Gasteiger partial charge in [0, 0.05) is 13.1 Å². The van der Waals surface area contributed by atoms with Crippen molar-refractivity contribution in [3.63, 3.8) is 0 Å². The van der Waals surface area contributed by atoms with E-state index in [2.05, 4.69) is 15.5 Å². The normalized spacial score (nSPS) is 24.6. The first-order chi connectivity index (χ1) is 14.1. The van der Waals surface area contributed by atoms with Crippen molar-refractivity contribution in [3.8, 4) is 0 Å². The molecule has 11 heteroatoms. The minimum absolute atomic E-state index is 0.0429. The van der Waals surface area contributed by atoms with E-state index < -0.39 is 23.3 Å². The number of carbonyl (C=O) groups excluding carboxylic acids is 2. The van der Waals surface area contributed by atoms with Crippen molar-refractivity contribution in [2.24, 2.45) is 0 Å². The summed E-state index contributed by atoms with van der Waals surface area (Å²) in [6, 6.07) is -0.801. The maximum Gasteiger partial charge on any atom is 0.410 e. The van der Waals surface area contributed by atoms with E-state index in [9.17, 15) is 14.7 Å². The third kappa shape index (κ3) is 5.27. The monoisotopic (exact) mass is 425 g/mol. The molecule has 2 saturated heterocycles. The molecule has 2 fully saturated rings. The summed E-state index contributed by atoms with van der Waals surface area (Å²) in [5, 5.41) is 16.2. The Labute approximate surface area is 175 Å². The van der Waals surface area contributed by atoms with Crippen LogP contribution in [0.2, 0.25) is 0 Å². The van der Waals surface area contributed by atoms with Gasteiger partial charge in [0.15, 0.2) is 6.33 Å². The number of rotatable bonds is 5. The number of likely N-dealkylation sites (tertiary alicyclic amines) is 1. The molecule has 2 aliphatic rings. The third-order valence-corrected chi connectivity index (χ3v) is 5.18. The number of aromatic nitrogens is 2. The summed E-state index contributed by atoms with van der Waals surface area (Å²) in [6.07, 6.45) is 1.58. The van der Waals surface area contributed by atoms with Crippen LogP contribution in [0.15, 0.2) is 10.9 Å². The Morgan fingerprint density at radius 2 is 2.20 bits per heavy atom. The number of amides is 2. The van der Waals surface area contributed by atoms with E-state index in [4.69, 9.17) is 14.0 Å². The zero-order valence-corrected chi connectivity index (χ0v) is 18.0. The van der Waals surface area contributed by atoms with Crippen LogP contribution >= 0.6 is 0 Å². The first kappa shape index (κ1) is 22.4. The second-order valence-corrected chi connectivity index (χ2v) is 8.99.